The van der Waals surface area contributed by atoms with Crippen LogP contribution in [0.4, 0.5) is 29.3 Å². The van der Waals surface area contributed by atoms with Crippen LogP contribution in [0.1, 0.15) is 86.9 Å². The van der Waals surface area contributed by atoms with Crippen molar-refractivity contribution in [2.45, 2.75) is 94.3 Å². The maximum absolute atomic E-state index is 13.0. The Morgan fingerprint density at radius 2 is 0.939 bits per heavy atom. The molecule has 12 nitrogen and oxygen atoms in total. The zero-order valence-corrected chi connectivity index (χ0v) is 38.9. The van der Waals surface area contributed by atoms with E-state index >= 15 is 0 Å². The first-order chi connectivity index (χ1) is 31.3. The van der Waals surface area contributed by atoms with Crippen molar-refractivity contribution in [3.8, 4) is 0 Å². The van der Waals surface area contributed by atoms with Gasteiger partial charge in [0.1, 0.15) is 17.5 Å². The summed E-state index contributed by atoms with van der Waals surface area (Å²) in [6.45, 7) is 0. The van der Waals surface area contributed by atoms with Crippen LogP contribution in [0.3, 0.4) is 0 Å². The molecule has 0 heterocycles. The number of benzene rings is 5. The molecule has 4 N–H and O–H groups in total. The maximum Gasteiger partial charge on any atom is 0.332 e. The van der Waals surface area contributed by atoms with Gasteiger partial charge in [0.2, 0.25) is 35.2 Å². The number of halogens is 4. The summed E-state index contributed by atoms with van der Waals surface area (Å²) >= 11 is 0. The van der Waals surface area contributed by atoms with Crippen LogP contribution in [-0.2, 0) is 103 Å². The van der Waals surface area contributed by atoms with Crippen LogP contribution >= 0.6 is 10.7 Å². The predicted octanol–water partition coefficient (Wildman–Crippen LogP) is 8.59. The van der Waals surface area contributed by atoms with Crippen molar-refractivity contribution in [3.63, 3.8) is 0 Å². The molecule has 0 saturated carbocycles. The topological polar surface area (TPSA) is 199 Å². The van der Waals surface area contributed by atoms with Crippen LogP contribution in [0.15, 0.2) is 89.9 Å². The van der Waals surface area contributed by atoms with E-state index in [4.69, 9.17) is 15.8 Å². The summed E-state index contributed by atoms with van der Waals surface area (Å²) in [5.74, 6) is -2.14. The summed E-state index contributed by atoms with van der Waals surface area (Å²) in [5.41, 5.74) is 13.4. The number of nitrogens with one attached hydrogen (secondary N) is 2. The number of isocyanates is 1. The van der Waals surface area contributed by atoms with E-state index in [9.17, 15) is 48.0 Å². The van der Waals surface area contributed by atoms with Crippen molar-refractivity contribution < 1.29 is 48.0 Å². The zero-order valence-electron chi connectivity index (χ0n) is 35.7. The van der Waals surface area contributed by atoms with Gasteiger partial charge in [-0.15, -0.1) is 0 Å². The van der Waals surface area contributed by atoms with Gasteiger partial charge in [0, 0.05) is 16.4 Å². The van der Waals surface area contributed by atoms with Gasteiger partial charge in [-0.05, 0) is 175 Å². The number of carbonyl (C=O) groups excluding carboxylic acids is 2. The van der Waals surface area contributed by atoms with Crippen LogP contribution < -0.4 is 15.2 Å². The quantitative estimate of drug-likeness (QED) is 0.0741. The molecule has 350 valence electrons. The lowest BCUT2D eigenvalue weighted by molar-refractivity contribution is 0.256. The van der Waals surface area contributed by atoms with Gasteiger partial charge in [-0.2, -0.15) is 4.99 Å². The minimum absolute atomic E-state index is 0.257. The van der Waals surface area contributed by atoms with Crippen LogP contribution in [0.2, 0.25) is 0 Å². The molecule has 9 rings (SSSR count). The number of rotatable bonds is 9. The van der Waals surface area contributed by atoms with Crippen molar-refractivity contribution in [3.05, 3.63) is 164 Å². The molecular formula is C47H48ClF3N4O8S3. The number of primary sulfonamides is 1. The Kier molecular flexibility index (Phi) is 16.7. The number of anilines is 1. The van der Waals surface area contributed by atoms with E-state index in [0.29, 0.717) is 16.7 Å². The van der Waals surface area contributed by atoms with E-state index in [1.165, 1.54) is 119 Å². The number of aryl methyl sites for hydroxylation is 4. The lowest BCUT2D eigenvalue weighted by atomic mass is 9.99. The van der Waals surface area contributed by atoms with Gasteiger partial charge in [0.05, 0.1) is 22.9 Å². The largest absolute Gasteiger partial charge is 0.332 e. The summed E-state index contributed by atoms with van der Waals surface area (Å²) in [5, 5.41) is 7.59. The molecule has 0 fully saturated rings. The van der Waals surface area contributed by atoms with E-state index in [1.807, 2.05) is 0 Å². The Balaban J connectivity index is 0.000000157. The number of fused-ring (bicyclic) bond motifs is 4. The third kappa shape index (κ3) is 14.6. The molecule has 4 aliphatic carbocycles. The number of amides is 2. The van der Waals surface area contributed by atoms with Crippen molar-refractivity contribution >= 4 is 63.3 Å². The maximum atomic E-state index is 13.0. The van der Waals surface area contributed by atoms with E-state index in [-0.39, 0.29) is 17.3 Å². The van der Waals surface area contributed by atoms with Gasteiger partial charge in [0.25, 0.3) is 0 Å². The van der Waals surface area contributed by atoms with Crippen molar-refractivity contribution in [1.29, 1.82) is 0 Å². The van der Waals surface area contributed by atoms with Crippen molar-refractivity contribution in [2.75, 3.05) is 5.32 Å². The molecule has 5 aromatic carbocycles. The molecule has 66 heavy (non-hydrogen) atoms. The zero-order chi connectivity index (χ0) is 47.6. The van der Waals surface area contributed by atoms with Gasteiger partial charge in [0.15, 0.2) is 0 Å². The molecular weight excluding hydrogens is 937 g/mol. The number of hydrogen-bond donors (Lipinski definition) is 3. The Morgan fingerprint density at radius 3 is 1.32 bits per heavy atom. The highest BCUT2D eigenvalue weighted by Gasteiger charge is 2.27. The predicted molar refractivity (Wildman–Crippen MR) is 248 cm³/mol. The molecule has 19 heteroatoms. The highest BCUT2D eigenvalue weighted by atomic mass is 35.7. The number of carbonyl (C=O) groups is 1. The summed E-state index contributed by atoms with van der Waals surface area (Å²) in [6.07, 6.45) is 14.5. The van der Waals surface area contributed by atoms with Crippen LogP contribution in [-0.4, -0.2) is 37.4 Å². The SMILES string of the molecule is NS(=O)(=O)Cc1ccc(F)cc1.O=C(Nc1c2c(cc3c1CCC3)CCC2)NS(=O)(=O)Cc1ccc(F)cc1.O=C=Nc1c2c(cc3c1CCC3)CCC2.O=S(=O)(Cl)Cc1ccc(F)cc1. The third-order valence-electron chi connectivity index (χ3n) is 11.4. The molecule has 0 unspecified atom stereocenters. The molecule has 0 saturated heterocycles. The van der Waals surface area contributed by atoms with Gasteiger partial charge in [-0.25, -0.2) is 57.9 Å². The first-order valence-electron chi connectivity index (χ1n) is 21.1. The number of sulfonamides is 2. The van der Waals surface area contributed by atoms with Crippen LogP contribution in [0, 0.1) is 17.5 Å². The minimum atomic E-state index is -3.88. The normalized spacial score (nSPS) is 14.3. The molecule has 0 aromatic heterocycles. The highest BCUT2D eigenvalue weighted by Crippen LogP contribution is 2.40. The smallest absolute Gasteiger partial charge is 0.307 e. The molecule has 0 atom stereocenters. The molecule has 5 aromatic rings. The number of aliphatic imine (C=N–C) groups is 1. The fourth-order valence-electron chi connectivity index (χ4n) is 8.64. The first kappa shape index (κ1) is 50.1. The summed E-state index contributed by atoms with van der Waals surface area (Å²) < 4.78 is 107. The second kappa shape index (κ2) is 22.0. The molecule has 0 spiro atoms. The fraction of sp³-hybridized carbons (Fsp3) is 0.319. The van der Waals surface area contributed by atoms with Gasteiger partial charge >= 0.3 is 6.03 Å². The van der Waals surface area contributed by atoms with Gasteiger partial charge in [-0.3, -0.25) is 0 Å². The Bertz CT molecular complexity index is 2830. The Labute approximate surface area is 387 Å². The highest BCUT2D eigenvalue weighted by molar-refractivity contribution is 8.13. The summed E-state index contributed by atoms with van der Waals surface area (Å²) in [6, 6.07) is 19.3. The Hall–Kier alpha value is -5.36. The van der Waals surface area contributed by atoms with Gasteiger partial charge in [-0.1, -0.05) is 48.5 Å². The molecule has 0 bridgehead atoms. The first-order valence-corrected chi connectivity index (χ1v) is 27.0. The molecule has 2 amide bonds. The standard InChI is InChI=1S/C20H21FN2O3S.C13H13NO.C7H6ClFO2S.C7H8FNO2S/c21-16-9-7-13(8-10-16)12-27(25,26)23-20(24)22-19-17-5-1-3-14(17)11-15-4-2-6-18(15)19;15-8-14-13-11-5-1-3-9(11)7-10-4-2-6-12(10)13;8-12(10,11)5-6-1-3-7(9)4-2-6;8-7-3-1-6(2-4-7)5-12(9,10)11/h7-11H,1-6,12H2,(H2,22,23,24);7H,1-6H2;1-4H,5H2;1-4H,5H2,(H2,9,10,11). The summed E-state index contributed by atoms with van der Waals surface area (Å²) in [4.78, 5) is 26.8. The number of nitrogens with two attached hydrogens (primary N) is 1. The van der Waals surface area contributed by atoms with Crippen LogP contribution in [0.5, 0.6) is 0 Å². The Morgan fingerprint density at radius 1 is 0.576 bits per heavy atom. The van der Waals surface area contributed by atoms with E-state index < -0.39 is 52.6 Å². The average molecular weight is 986 g/mol. The molecule has 0 aliphatic heterocycles. The second-order valence-electron chi connectivity index (χ2n) is 16.3. The van der Waals surface area contributed by atoms with Gasteiger partial charge < -0.3 is 5.32 Å². The molecule has 4 aliphatic rings. The average Bonchev–Trinajstić information content (AvgIpc) is 4.08. The summed E-state index contributed by atoms with van der Waals surface area (Å²) in [7, 11) is -5.95. The minimum Gasteiger partial charge on any atom is -0.307 e. The number of hydrogen-bond acceptors (Lipinski definition) is 9. The monoisotopic (exact) mass is 984 g/mol. The molecule has 0 radical (unpaired) electrons. The van der Waals surface area contributed by atoms with E-state index in [0.717, 1.165) is 86.7 Å². The van der Waals surface area contributed by atoms with Crippen LogP contribution in [0.25, 0.3) is 0 Å². The third-order valence-corrected chi connectivity index (χ3v) is 14.3. The van der Waals surface area contributed by atoms with Crippen molar-refractivity contribution in [2.24, 2.45) is 10.1 Å². The number of nitrogens with zero attached hydrogens (tertiary/aromatic N) is 1. The number of urea groups is 1. The van der Waals surface area contributed by atoms with Crippen molar-refractivity contribution in [1.82, 2.24) is 4.72 Å². The lowest BCUT2D eigenvalue weighted by Crippen LogP contribution is -2.35. The van der Waals surface area contributed by atoms with E-state index in [2.05, 4.69) is 27.2 Å². The van der Waals surface area contributed by atoms with E-state index in [1.54, 1.807) is 6.08 Å². The lowest BCUT2D eigenvalue weighted by Gasteiger charge is -2.16. The second-order valence-corrected chi connectivity index (χ2v) is 22.4. The fourth-order valence-corrected chi connectivity index (χ4v) is 11.3.